The van der Waals surface area contributed by atoms with Crippen LogP contribution in [0.2, 0.25) is 0 Å². The summed E-state index contributed by atoms with van der Waals surface area (Å²) in [4.78, 5) is 1.50. The summed E-state index contributed by atoms with van der Waals surface area (Å²) < 4.78 is 0. The molecular weight excluding hydrogens is 238 g/mol. The first-order valence-electron chi connectivity index (χ1n) is 7.43. The van der Waals surface area contributed by atoms with Crippen LogP contribution in [0.25, 0.3) is 0 Å². The number of thiophene rings is 1. The van der Waals surface area contributed by atoms with E-state index in [0.29, 0.717) is 18.0 Å². The molecule has 102 valence electrons. The predicted octanol–water partition coefficient (Wildman–Crippen LogP) is 4.86. The summed E-state index contributed by atoms with van der Waals surface area (Å²) in [5, 5.41) is 6.14. The maximum absolute atomic E-state index is 3.94. The molecule has 0 aliphatic heterocycles. The Hall–Kier alpha value is -0.340. The van der Waals surface area contributed by atoms with Crippen molar-refractivity contribution in [2.75, 3.05) is 0 Å². The molecule has 0 radical (unpaired) electrons. The highest BCUT2D eigenvalue weighted by Crippen LogP contribution is 2.36. The van der Waals surface area contributed by atoms with Gasteiger partial charge in [-0.3, -0.25) is 0 Å². The quantitative estimate of drug-likeness (QED) is 0.801. The summed E-state index contributed by atoms with van der Waals surface area (Å²) in [6.45, 7) is 9.43. The highest BCUT2D eigenvalue weighted by molar-refractivity contribution is 7.10. The van der Waals surface area contributed by atoms with Crippen LogP contribution in [0.4, 0.5) is 0 Å². The summed E-state index contributed by atoms with van der Waals surface area (Å²) in [5.41, 5.74) is 0. The molecule has 18 heavy (non-hydrogen) atoms. The maximum atomic E-state index is 3.94. The largest absolute Gasteiger partial charge is 0.306 e. The van der Waals surface area contributed by atoms with Gasteiger partial charge >= 0.3 is 0 Å². The Morgan fingerprint density at radius 1 is 1.39 bits per heavy atom. The Labute approximate surface area is 116 Å². The SMILES string of the molecule is CCC1CCC(NC(c2cccs2)C(C)C)C1C. The molecule has 1 N–H and O–H groups in total. The minimum Gasteiger partial charge on any atom is -0.306 e. The van der Waals surface area contributed by atoms with Crippen LogP contribution in [0.3, 0.4) is 0 Å². The summed E-state index contributed by atoms with van der Waals surface area (Å²) in [7, 11) is 0. The number of rotatable bonds is 5. The molecule has 1 heterocycles. The Bertz CT molecular complexity index is 344. The third kappa shape index (κ3) is 2.97. The topological polar surface area (TPSA) is 12.0 Å². The molecule has 1 aromatic rings. The minimum atomic E-state index is 0.535. The molecule has 1 aliphatic carbocycles. The molecule has 0 bridgehead atoms. The molecule has 1 saturated carbocycles. The Morgan fingerprint density at radius 3 is 2.67 bits per heavy atom. The van der Waals surface area contributed by atoms with Crippen molar-refractivity contribution in [2.45, 2.75) is 59.0 Å². The van der Waals surface area contributed by atoms with Crippen molar-refractivity contribution in [1.82, 2.24) is 5.32 Å². The van der Waals surface area contributed by atoms with Crippen molar-refractivity contribution >= 4 is 11.3 Å². The molecule has 2 rings (SSSR count). The predicted molar refractivity (Wildman–Crippen MR) is 81.0 cm³/mol. The van der Waals surface area contributed by atoms with E-state index in [4.69, 9.17) is 0 Å². The number of hydrogen-bond donors (Lipinski definition) is 1. The molecule has 4 unspecified atom stereocenters. The van der Waals surface area contributed by atoms with Gasteiger partial charge in [0, 0.05) is 17.0 Å². The van der Waals surface area contributed by atoms with Crippen molar-refractivity contribution < 1.29 is 0 Å². The molecule has 4 atom stereocenters. The van der Waals surface area contributed by atoms with E-state index in [1.807, 2.05) is 11.3 Å². The first-order chi connectivity index (χ1) is 8.63. The van der Waals surface area contributed by atoms with Gasteiger partial charge in [-0.1, -0.05) is 40.2 Å². The fourth-order valence-electron chi connectivity index (χ4n) is 3.36. The number of nitrogens with one attached hydrogen (secondary N) is 1. The molecule has 1 nitrogen and oxygen atoms in total. The summed E-state index contributed by atoms with van der Waals surface area (Å²) in [5.74, 6) is 2.42. The fourth-order valence-corrected chi connectivity index (χ4v) is 4.32. The van der Waals surface area contributed by atoms with E-state index in [1.54, 1.807) is 0 Å². The zero-order chi connectivity index (χ0) is 13.1. The third-order valence-electron chi connectivity index (χ3n) is 4.66. The first kappa shape index (κ1) is 14.1. The molecule has 0 aromatic carbocycles. The molecule has 2 heteroatoms. The Kier molecular flexibility index (Phi) is 4.85. The van der Waals surface area contributed by atoms with E-state index in [9.17, 15) is 0 Å². The van der Waals surface area contributed by atoms with Gasteiger partial charge in [-0.05, 0) is 42.0 Å². The van der Waals surface area contributed by atoms with Gasteiger partial charge in [-0.2, -0.15) is 0 Å². The molecule has 0 spiro atoms. The molecular formula is C16H27NS. The Morgan fingerprint density at radius 2 is 2.17 bits per heavy atom. The van der Waals surface area contributed by atoms with Crippen molar-refractivity contribution in [1.29, 1.82) is 0 Å². The standard InChI is InChI=1S/C16H27NS/c1-5-13-8-9-14(12(13)4)17-16(11(2)3)15-7-6-10-18-15/h6-7,10-14,16-17H,5,8-9H2,1-4H3. The minimum absolute atomic E-state index is 0.535. The highest BCUT2D eigenvalue weighted by atomic mass is 32.1. The van der Waals surface area contributed by atoms with Gasteiger partial charge < -0.3 is 5.32 Å². The van der Waals surface area contributed by atoms with Gasteiger partial charge in [0.1, 0.15) is 0 Å². The lowest BCUT2D eigenvalue weighted by Crippen LogP contribution is -2.37. The third-order valence-corrected chi connectivity index (χ3v) is 5.62. The van der Waals surface area contributed by atoms with E-state index in [2.05, 4.69) is 50.5 Å². The second-order valence-electron chi connectivity index (χ2n) is 6.12. The van der Waals surface area contributed by atoms with Crippen molar-refractivity contribution in [3.05, 3.63) is 22.4 Å². The van der Waals surface area contributed by atoms with Gasteiger partial charge in [-0.25, -0.2) is 0 Å². The van der Waals surface area contributed by atoms with Gasteiger partial charge in [0.2, 0.25) is 0 Å². The van der Waals surface area contributed by atoms with Gasteiger partial charge in [0.05, 0.1) is 0 Å². The second-order valence-corrected chi connectivity index (χ2v) is 7.09. The maximum Gasteiger partial charge on any atom is 0.0440 e. The number of hydrogen-bond acceptors (Lipinski definition) is 2. The average Bonchev–Trinajstić information content (AvgIpc) is 2.96. The molecule has 1 aliphatic rings. The van der Waals surface area contributed by atoms with E-state index in [0.717, 1.165) is 11.8 Å². The molecule has 1 fully saturated rings. The fraction of sp³-hybridized carbons (Fsp3) is 0.750. The lowest BCUT2D eigenvalue weighted by Gasteiger charge is -2.29. The van der Waals surface area contributed by atoms with E-state index in [1.165, 1.54) is 24.1 Å². The highest BCUT2D eigenvalue weighted by Gasteiger charge is 2.33. The average molecular weight is 265 g/mol. The van der Waals surface area contributed by atoms with Crippen LogP contribution in [0.1, 0.15) is 57.9 Å². The Balaban J connectivity index is 2.02. The molecule has 0 amide bonds. The van der Waals surface area contributed by atoms with Crippen molar-refractivity contribution in [3.63, 3.8) is 0 Å². The van der Waals surface area contributed by atoms with E-state index in [-0.39, 0.29) is 0 Å². The summed E-state index contributed by atoms with van der Waals surface area (Å²) in [6, 6.07) is 5.70. The smallest absolute Gasteiger partial charge is 0.0440 e. The zero-order valence-electron chi connectivity index (χ0n) is 12.1. The van der Waals surface area contributed by atoms with E-state index >= 15 is 0 Å². The lowest BCUT2D eigenvalue weighted by atomic mass is 9.92. The van der Waals surface area contributed by atoms with Crippen LogP contribution >= 0.6 is 11.3 Å². The monoisotopic (exact) mass is 265 g/mol. The normalized spacial score (nSPS) is 29.9. The molecule has 1 aromatic heterocycles. The van der Waals surface area contributed by atoms with Crippen LogP contribution in [0, 0.1) is 17.8 Å². The summed E-state index contributed by atoms with van der Waals surface area (Å²) in [6.07, 6.45) is 4.10. The van der Waals surface area contributed by atoms with Crippen LogP contribution in [0.5, 0.6) is 0 Å². The van der Waals surface area contributed by atoms with Gasteiger partial charge in [0.15, 0.2) is 0 Å². The van der Waals surface area contributed by atoms with Crippen LogP contribution in [-0.2, 0) is 0 Å². The lowest BCUT2D eigenvalue weighted by molar-refractivity contribution is 0.294. The second kappa shape index (κ2) is 6.21. The van der Waals surface area contributed by atoms with Crippen molar-refractivity contribution in [3.8, 4) is 0 Å². The first-order valence-corrected chi connectivity index (χ1v) is 8.30. The summed E-state index contributed by atoms with van der Waals surface area (Å²) >= 11 is 1.89. The van der Waals surface area contributed by atoms with Crippen LogP contribution < -0.4 is 5.32 Å². The van der Waals surface area contributed by atoms with E-state index < -0.39 is 0 Å². The van der Waals surface area contributed by atoms with Crippen molar-refractivity contribution in [2.24, 2.45) is 17.8 Å². The van der Waals surface area contributed by atoms with Crippen LogP contribution in [0.15, 0.2) is 17.5 Å². The van der Waals surface area contributed by atoms with Gasteiger partial charge in [-0.15, -0.1) is 11.3 Å². The molecule has 0 saturated heterocycles. The zero-order valence-corrected chi connectivity index (χ0v) is 13.0. The van der Waals surface area contributed by atoms with Gasteiger partial charge in [0.25, 0.3) is 0 Å². The van der Waals surface area contributed by atoms with Crippen LogP contribution in [-0.4, -0.2) is 6.04 Å².